The van der Waals surface area contributed by atoms with Gasteiger partial charge in [0, 0.05) is 70.5 Å². The van der Waals surface area contributed by atoms with E-state index in [0.717, 1.165) is 52.2 Å². The maximum Gasteiger partial charge on any atom is 0.130 e. The van der Waals surface area contributed by atoms with E-state index < -0.39 is 6.17 Å². The minimum absolute atomic E-state index is 0.0827. The number of nitrogens with two attached hydrogens (primary N) is 1. The number of rotatable bonds is 5. The molecule has 5 unspecified atom stereocenters. The topological polar surface area (TPSA) is 39.0 Å². The van der Waals surface area contributed by atoms with Gasteiger partial charge >= 0.3 is 0 Å². The molecule has 0 aliphatic carbocycles. The van der Waals surface area contributed by atoms with Gasteiger partial charge < -0.3 is 10.6 Å². The molecule has 3 aliphatic rings. The number of piperidine rings is 1. The molecule has 3 aliphatic heterocycles. The Hall–Kier alpha value is -0.270. The van der Waals surface area contributed by atoms with Crippen LogP contribution in [0.2, 0.25) is 0 Å². The van der Waals surface area contributed by atoms with E-state index in [0.29, 0.717) is 18.6 Å². The second-order valence-corrected chi connectivity index (χ2v) is 8.56. The third kappa shape index (κ3) is 4.53. The molecule has 0 bridgehead atoms. The Balaban J connectivity index is 1.58. The molecule has 25 heavy (non-hydrogen) atoms. The number of likely N-dealkylation sites (N-methyl/N-ethyl adjacent to an activating group) is 1. The van der Waals surface area contributed by atoms with E-state index in [4.69, 9.17) is 5.73 Å². The van der Waals surface area contributed by atoms with E-state index in [1.54, 1.807) is 0 Å². The van der Waals surface area contributed by atoms with Crippen LogP contribution in [0.25, 0.3) is 0 Å². The van der Waals surface area contributed by atoms with Gasteiger partial charge in [-0.2, -0.15) is 0 Å². The van der Waals surface area contributed by atoms with Crippen molar-refractivity contribution in [1.29, 1.82) is 0 Å². The maximum absolute atomic E-state index is 15.1. The fraction of sp³-hybridized carbons (Fsp3) is 1.00. The second kappa shape index (κ2) is 8.61. The summed E-state index contributed by atoms with van der Waals surface area (Å²) < 4.78 is 15.1. The molecule has 3 rings (SSSR count). The highest BCUT2D eigenvalue weighted by Gasteiger charge is 2.43. The van der Waals surface area contributed by atoms with Crippen LogP contribution >= 0.6 is 0 Å². The summed E-state index contributed by atoms with van der Waals surface area (Å²) >= 11 is 0. The second-order valence-electron chi connectivity index (χ2n) is 8.56. The summed E-state index contributed by atoms with van der Waals surface area (Å²) in [6.45, 7) is 12.2. The first kappa shape index (κ1) is 19.5. The van der Waals surface area contributed by atoms with Crippen molar-refractivity contribution in [3.63, 3.8) is 0 Å². The first-order valence-electron chi connectivity index (χ1n) is 10.3. The number of hydrogen-bond acceptors (Lipinski definition) is 5. The molecular formula is C19H38FN5. The summed E-state index contributed by atoms with van der Waals surface area (Å²) in [5.41, 5.74) is 6.51. The van der Waals surface area contributed by atoms with Crippen molar-refractivity contribution in [1.82, 2.24) is 19.6 Å². The third-order valence-electron chi connectivity index (χ3n) is 6.61. The summed E-state index contributed by atoms with van der Waals surface area (Å²) in [5.74, 6) is 0. The molecule has 0 radical (unpaired) electrons. The van der Waals surface area contributed by atoms with Crippen molar-refractivity contribution in [2.75, 3.05) is 59.4 Å². The normalized spacial score (nSPS) is 37.8. The molecule has 6 heteroatoms. The number of halogens is 1. The van der Waals surface area contributed by atoms with Crippen LogP contribution in [0.1, 0.15) is 33.1 Å². The zero-order valence-electron chi connectivity index (χ0n) is 16.4. The highest BCUT2D eigenvalue weighted by atomic mass is 19.1. The van der Waals surface area contributed by atoms with Gasteiger partial charge in [0.05, 0.1) is 6.04 Å². The van der Waals surface area contributed by atoms with Gasteiger partial charge in [-0.05, 0) is 20.4 Å². The first-order chi connectivity index (χ1) is 12.0. The molecule has 3 fully saturated rings. The fourth-order valence-electron chi connectivity index (χ4n) is 5.00. The van der Waals surface area contributed by atoms with Crippen LogP contribution in [0.5, 0.6) is 0 Å². The largest absolute Gasteiger partial charge is 0.325 e. The van der Waals surface area contributed by atoms with Gasteiger partial charge in [-0.15, -0.1) is 0 Å². The molecule has 5 atom stereocenters. The first-order valence-corrected chi connectivity index (χ1v) is 10.3. The lowest BCUT2D eigenvalue weighted by Crippen LogP contribution is -2.70. The Kier molecular flexibility index (Phi) is 6.71. The van der Waals surface area contributed by atoms with Gasteiger partial charge in [-0.25, -0.2) is 4.39 Å². The van der Waals surface area contributed by atoms with E-state index in [2.05, 4.69) is 40.5 Å². The molecule has 0 aromatic rings. The molecule has 0 amide bonds. The Labute approximate surface area is 153 Å². The zero-order valence-corrected chi connectivity index (χ0v) is 16.4. The Morgan fingerprint density at radius 1 is 1.04 bits per heavy atom. The molecule has 0 aromatic heterocycles. The van der Waals surface area contributed by atoms with Gasteiger partial charge in [0.2, 0.25) is 0 Å². The highest BCUT2D eigenvalue weighted by molar-refractivity contribution is 5.00. The van der Waals surface area contributed by atoms with Gasteiger partial charge in [0.15, 0.2) is 0 Å². The lowest BCUT2D eigenvalue weighted by molar-refractivity contribution is -0.0448. The van der Waals surface area contributed by atoms with Gasteiger partial charge in [0.25, 0.3) is 0 Å². The van der Waals surface area contributed by atoms with E-state index in [1.807, 2.05) is 0 Å². The number of unbranched alkanes of at least 4 members (excludes halogenated alkanes) is 1. The Morgan fingerprint density at radius 2 is 1.76 bits per heavy atom. The van der Waals surface area contributed by atoms with Gasteiger partial charge in [-0.1, -0.05) is 19.8 Å². The van der Waals surface area contributed by atoms with Crippen LogP contribution in [0.3, 0.4) is 0 Å². The number of alkyl halides is 1. The van der Waals surface area contributed by atoms with Crippen LogP contribution in [0.4, 0.5) is 4.39 Å². The van der Waals surface area contributed by atoms with Crippen molar-refractivity contribution < 1.29 is 4.39 Å². The predicted octanol–water partition coefficient (Wildman–Crippen LogP) is 0.846. The van der Waals surface area contributed by atoms with Crippen molar-refractivity contribution in [2.45, 2.75) is 63.4 Å². The Bertz CT molecular complexity index is 411. The highest BCUT2D eigenvalue weighted by Crippen LogP contribution is 2.25. The van der Waals surface area contributed by atoms with E-state index in [1.165, 1.54) is 12.8 Å². The number of hydrogen-bond donors (Lipinski definition) is 1. The van der Waals surface area contributed by atoms with Crippen molar-refractivity contribution >= 4 is 0 Å². The minimum atomic E-state index is -0.833. The van der Waals surface area contributed by atoms with E-state index >= 15 is 4.39 Å². The monoisotopic (exact) mass is 355 g/mol. The summed E-state index contributed by atoms with van der Waals surface area (Å²) in [4.78, 5) is 9.63. The van der Waals surface area contributed by atoms with E-state index in [9.17, 15) is 0 Å². The average Bonchev–Trinajstić information content (AvgIpc) is 2.58. The third-order valence-corrected chi connectivity index (χ3v) is 6.61. The van der Waals surface area contributed by atoms with Crippen LogP contribution in [-0.4, -0.2) is 109 Å². The SMILES string of the molecule is CCCCC(C)N1CC(N)C(N2CCN3CCN(C)CC3C2)C(F)C1. The molecule has 3 saturated heterocycles. The molecule has 0 aromatic carbocycles. The lowest BCUT2D eigenvalue weighted by atomic mass is 9.93. The molecule has 146 valence electrons. The minimum Gasteiger partial charge on any atom is -0.325 e. The van der Waals surface area contributed by atoms with E-state index in [-0.39, 0.29) is 12.1 Å². The van der Waals surface area contributed by atoms with Gasteiger partial charge in [-0.3, -0.25) is 14.7 Å². The van der Waals surface area contributed by atoms with Crippen molar-refractivity contribution in [3.8, 4) is 0 Å². The number of fused-ring (bicyclic) bond motifs is 1. The number of likely N-dealkylation sites (tertiary alicyclic amines) is 1. The molecule has 5 nitrogen and oxygen atoms in total. The number of nitrogens with zero attached hydrogens (tertiary/aromatic N) is 4. The van der Waals surface area contributed by atoms with Crippen LogP contribution in [-0.2, 0) is 0 Å². The van der Waals surface area contributed by atoms with Crippen molar-refractivity contribution in [2.24, 2.45) is 5.73 Å². The lowest BCUT2D eigenvalue weighted by Gasteiger charge is -2.52. The van der Waals surface area contributed by atoms with Gasteiger partial charge in [0.1, 0.15) is 6.17 Å². The molecule has 0 saturated carbocycles. The fourth-order valence-corrected chi connectivity index (χ4v) is 5.00. The molecule has 2 N–H and O–H groups in total. The summed E-state index contributed by atoms with van der Waals surface area (Å²) in [6.07, 6.45) is 2.73. The number of piperazine rings is 2. The Morgan fingerprint density at radius 3 is 2.48 bits per heavy atom. The molecule has 0 spiro atoms. The van der Waals surface area contributed by atoms with Crippen LogP contribution in [0, 0.1) is 0 Å². The van der Waals surface area contributed by atoms with Crippen LogP contribution < -0.4 is 5.73 Å². The zero-order chi connectivity index (χ0) is 18.0. The maximum atomic E-state index is 15.1. The summed E-state index contributed by atoms with van der Waals surface area (Å²) in [7, 11) is 2.19. The average molecular weight is 356 g/mol. The molecular weight excluding hydrogens is 317 g/mol. The van der Waals surface area contributed by atoms with Crippen LogP contribution in [0.15, 0.2) is 0 Å². The molecule has 3 heterocycles. The predicted molar refractivity (Wildman–Crippen MR) is 102 cm³/mol. The summed E-state index contributed by atoms with van der Waals surface area (Å²) in [5, 5.41) is 0. The summed E-state index contributed by atoms with van der Waals surface area (Å²) in [6, 6.07) is 0.784. The standard InChI is InChI=1S/C19H38FN5/c1-4-5-6-15(2)25-13-17(20)19(18(21)14-25)24-10-9-23-8-7-22(3)11-16(23)12-24/h15-19H,4-14,21H2,1-3H3. The smallest absolute Gasteiger partial charge is 0.130 e. The quantitative estimate of drug-likeness (QED) is 0.791. The van der Waals surface area contributed by atoms with Crippen molar-refractivity contribution in [3.05, 3.63) is 0 Å².